The number of nitrogens with zero attached hydrogens (tertiary/aromatic N) is 3. The molecule has 9 heteroatoms. The number of fused-ring (bicyclic) bond motifs is 3. The van der Waals surface area contributed by atoms with E-state index in [4.69, 9.17) is 19.2 Å². The fourth-order valence-electron chi connectivity index (χ4n) is 6.19. The zero-order valence-electron chi connectivity index (χ0n) is 25.9. The van der Waals surface area contributed by atoms with Crippen LogP contribution in [0.25, 0.3) is 44.3 Å². The number of methoxy groups -OCH3 is 1. The Balaban J connectivity index is 1.52. The largest absolute Gasteiger partial charge is 0.496 e. The summed E-state index contributed by atoms with van der Waals surface area (Å²) < 4.78 is 11.3. The van der Waals surface area contributed by atoms with Crippen LogP contribution in [0.3, 0.4) is 0 Å². The van der Waals surface area contributed by atoms with E-state index in [1.807, 2.05) is 45.0 Å². The molecule has 3 N–H and O–H groups in total. The SMILES string of the molecule is COc1cc2c(cc1-c1c(C)noc1C)[nH]c1nc(C)nc(-c3cc(C(=O)NC4CCC(O)CC4)cc(C(C)(C)C)c3)c12. The van der Waals surface area contributed by atoms with Gasteiger partial charge in [0.25, 0.3) is 5.91 Å². The molecule has 0 atom stereocenters. The van der Waals surface area contributed by atoms with E-state index in [9.17, 15) is 9.90 Å². The summed E-state index contributed by atoms with van der Waals surface area (Å²) in [5, 5.41) is 19.0. The molecule has 1 amide bonds. The van der Waals surface area contributed by atoms with Crippen LogP contribution in [0.15, 0.2) is 34.9 Å². The molecule has 43 heavy (non-hydrogen) atoms. The smallest absolute Gasteiger partial charge is 0.251 e. The lowest BCUT2D eigenvalue weighted by Crippen LogP contribution is -2.38. The summed E-state index contributed by atoms with van der Waals surface area (Å²) in [5.41, 5.74) is 7.20. The fraction of sp³-hybridized carbons (Fsp3) is 0.412. The molecule has 1 aliphatic rings. The molecular formula is C34H39N5O4. The predicted octanol–water partition coefficient (Wildman–Crippen LogP) is 6.70. The van der Waals surface area contributed by atoms with Gasteiger partial charge in [0.1, 0.15) is 23.0 Å². The second kappa shape index (κ2) is 10.8. The topological polar surface area (TPSA) is 126 Å². The van der Waals surface area contributed by atoms with Gasteiger partial charge in [0.05, 0.1) is 35.6 Å². The van der Waals surface area contributed by atoms with Crippen LogP contribution in [0, 0.1) is 20.8 Å². The Labute approximate surface area is 251 Å². The third-order valence-corrected chi connectivity index (χ3v) is 8.55. The van der Waals surface area contributed by atoms with Gasteiger partial charge in [-0.2, -0.15) is 0 Å². The van der Waals surface area contributed by atoms with Crippen molar-refractivity contribution in [3.05, 3.63) is 58.7 Å². The lowest BCUT2D eigenvalue weighted by molar-refractivity contribution is 0.0867. The Kier molecular flexibility index (Phi) is 7.24. The number of aromatic amines is 1. The predicted molar refractivity (Wildman–Crippen MR) is 168 cm³/mol. The van der Waals surface area contributed by atoms with Gasteiger partial charge in [0.15, 0.2) is 0 Å². The van der Waals surface area contributed by atoms with Gasteiger partial charge < -0.3 is 24.7 Å². The summed E-state index contributed by atoms with van der Waals surface area (Å²) >= 11 is 0. The Morgan fingerprint density at radius 3 is 2.44 bits per heavy atom. The third-order valence-electron chi connectivity index (χ3n) is 8.55. The minimum absolute atomic E-state index is 0.0543. The monoisotopic (exact) mass is 581 g/mol. The average Bonchev–Trinajstić information content (AvgIpc) is 3.49. The Morgan fingerprint density at radius 1 is 1.05 bits per heavy atom. The number of hydrogen-bond donors (Lipinski definition) is 3. The number of nitrogens with one attached hydrogen (secondary N) is 2. The van der Waals surface area contributed by atoms with E-state index < -0.39 is 0 Å². The van der Waals surface area contributed by atoms with Crippen LogP contribution in [0.2, 0.25) is 0 Å². The standard InChI is InChI=1S/C34H39N5O4/c1-17-29(18(2)43-39-17)26-15-27-25(16-28(26)42-7)30-31(35-19(3)36-32(30)38-27)20-12-21(14-22(13-20)34(4,5)6)33(41)37-23-8-10-24(40)11-9-23/h12-16,23-24,40H,8-11H2,1-7H3,(H,37,41)(H,35,36,38). The second-order valence-corrected chi connectivity index (χ2v) is 12.8. The van der Waals surface area contributed by atoms with Crippen LogP contribution < -0.4 is 10.1 Å². The molecule has 0 spiro atoms. The van der Waals surface area contributed by atoms with Gasteiger partial charge in [-0.15, -0.1) is 0 Å². The van der Waals surface area contributed by atoms with Crippen molar-refractivity contribution in [2.24, 2.45) is 0 Å². The molecule has 0 aliphatic heterocycles. The number of aliphatic hydroxyl groups is 1. The van der Waals surface area contributed by atoms with Gasteiger partial charge in [0, 0.05) is 33.6 Å². The summed E-state index contributed by atoms with van der Waals surface area (Å²) in [4.78, 5) is 26.8. The van der Waals surface area contributed by atoms with Gasteiger partial charge in [-0.3, -0.25) is 4.79 Å². The number of carbonyl (C=O) groups excluding carboxylic acids is 1. The Hall–Kier alpha value is -4.24. The van der Waals surface area contributed by atoms with Gasteiger partial charge >= 0.3 is 0 Å². The number of aryl methyl sites for hydroxylation is 3. The van der Waals surface area contributed by atoms with E-state index in [2.05, 4.69) is 42.3 Å². The number of hydrogen-bond acceptors (Lipinski definition) is 7. The lowest BCUT2D eigenvalue weighted by Gasteiger charge is -2.27. The Bertz CT molecular complexity index is 1840. The first-order valence-corrected chi connectivity index (χ1v) is 14.9. The van der Waals surface area contributed by atoms with Crippen LogP contribution in [0.5, 0.6) is 5.75 Å². The molecule has 0 bridgehead atoms. The van der Waals surface area contributed by atoms with Crippen molar-refractivity contribution in [3.8, 4) is 28.1 Å². The molecule has 0 saturated heterocycles. The Morgan fingerprint density at radius 2 is 1.79 bits per heavy atom. The number of aliphatic hydroxyl groups excluding tert-OH is 1. The summed E-state index contributed by atoms with van der Waals surface area (Å²) in [6.07, 6.45) is 2.69. The number of ether oxygens (including phenoxy) is 1. The van der Waals surface area contributed by atoms with Crippen LogP contribution in [-0.4, -0.2) is 50.4 Å². The summed E-state index contributed by atoms with van der Waals surface area (Å²) in [5.74, 6) is 1.92. The molecule has 9 nitrogen and oxygen atoms in total. The first-order valence-electron chi connectivity index (χ1n) is 14.9. The fourth-order valence-corrected chi connectivity index (χ4v) is 6.19. The number of amides is 1. The summed E-state index contributed by atoms with van der Waals surface area (Å²) in [6, 6.07) is 10.2. The normalized spacial score (nSPS) is 17.5. The molecule has 0 radical (unpaired) electrons. The van der Waals surface area contributed by atoms with Crippen LogP contribution in [-0.2, 0) is 5.41 Å². The highest BCUT2D eigenvalue weighted by molar-refractivity contribution is 6.14. The van der Waals surface area contributed by atoms with Crippen molar-refractivity contribution in [3.63, 3.8) is 0 Å². The highest BCUT2D eigenvalue weighted by Gasteiger charge is 2.25. The van der Waals surface area contributed by atoms with E-state index in [1.54, 1.807) is 7.11 Å². The molecule has 3 aromatic heterocycles. The lowest BCUT2D eigenvalue weighted by atomic mass is 9.84. The molecule has 2 aromatic carbocycles. The van der Waals surface area contributed by atoms with Crippen molar-refractivity contribution in [2.45, 2.75) is 84.8 Å². The quantitative estimate of drug-likeness (QED) is 0.211. The van der Waals surface area contributed by atoms with E-state index in [0.29, 0.717) is 35.6 Å². The number of aromatic nitrogens is 4. The van der Waals surface area contributed by atoms with E-state index in [1.165, 1.54) is 0 Å². The van der Waals surface area contributed by atoms with Gasteiger partial charge in [-0.05, 0) is 87.8 Å². The maximum Gasteiger partial charge on any atom is 0.251 e. The first-order chi connectivity index (χ1) is 20.4. The molecule has 1 aliphatic carbocycles. The molecule has 3 heterocycles. The van der Waals surface area contributed by atoms with Crippen molar-refractivity contribution >= 4 is 27.8 Å². The first kappa shape index (κ1) is 28.9. The number of H-pyrrole nitrogens is 1. The molecule has 1 fully saturated rings. The van der Waals surface area contributed by atoms with Crippen LogP contribution in [0.1, 0.15) is 79.7 Å². The molecule has 1 saturated carbocycles. The second-order valence-electron chi connectivity index (χ2n) is 12.8. The average molecular weight is 582 g/mol. The highest BCUT2D eigenvalue weighted by atomic mass is 16.5. The minimum Gasteiger partial charge on any atom is -0.496 e. The zero-order chi connectivity index (χ0) is 30.6. The van der Waals surface area contributed by atoms with Crippen molar-refractivity contribution < 1.29 is 19.2 Å². The molecule has 0 unspecified atom stereocenters. The van der Waals surface area contributed by atoms with Gasteiger partial charge in [-0.25, -0.2) is 9.97 Å². The maximum absolute atomic E-state index is 13.6. The van der Waals surface area contributed by atoms with Crippen molar-refractivity contribution in [1.29, 1.82) is 0 Å². The minimum atomic E-state index is -0.275. The zero-order valence-corrected chi connectivity index (χ0v) is 25.9. The highest BCUT2D eigenvalue weighted by Crippen LogP contribution is 2.42. The number of carbonyl (C=O) groups is 1. The van der Waals surface area contributed by atoms with E-state index in [0.717, 1.165) is 68.5 Å². The number of rotatable bonds is 5. The van der Waals surface area contributed by atoms with E-state index in [-0.39, 0.29) is 23.5 Å². The molecule has 224 valence electrons. The van der Waals surface area contributed by atoms with Gasteiger partial charge in [0.2, 0.25) is 0 Å². The molecule has 6 rings (SSSR count). The third kappa shape index (κ3) is 5.38. The molecular weight excluding hydrogens is 542 g/mol. The number of benzene rings is 2. The van der Waals surface area contributed by atoms with E-state index >= 15 is 0 Å². The summed E-state index contributed by atoms with van der Waals surface area (Å²) in [7, 11) is 1.66. The van der Waals surface area contributed by atoms with Crippen LogP contribution in [0.4, 0.5) is 0 Å². The van der Waals surface area contributed by atoms with Crippen LogP contribution >= 0.6 is 0 Å². The maximum atomic E-state index is 13.6. The summed E-state index contributed by atoms with van der Waals surface area (Å²) in [6.45, 7) is 12.1. The van der Waals surface area contributed by atoms with Gasteiger partial charge in [-0.1, -0.05) is 25.9 Å². The molecule has 5 aromatic rings. The van der Waals surface area contributed by atoms with Crippen molar-refractivity contribution in [1.82, 2.24) is 25.4 Å². The van der Waals surface area contributed by atoms with Crippen molar-refractivity contribution in [2.75, 3.05) is 7.11 Å².